The Hall–Kier alpha value is -1.55. The van der Waals surface area contributed by atoms with Crippen LogP contribution in [0.1, 0.15) is 25.5 Å². The van der Waals surface area contributed by atoms with Crippen molar-refractivity contribution in [3.63, 3.8) is 0 Å². The van der Waals surface area contributed by atoms with Crippen LogP contribution in [-0.4, -0.2) is 9.78 Å². The van der Waals surface area contributed by atoms with E-state index >= 15 is 0 Å². The second kappa shape index (κ2) is 5.40. The minimum Gasteiger partial charge on any atom is -0.486 e. The van der Waals surface area contributed by atoms with Gasteiger partial charge < -0.3 is 4.74 Å². The molecule has 1 aromatic heterocycles. The Labute approximate surface area is 110 Å². The van der Waals surface area contributed by atoms with E-state index in [0.717, 1.165) is 0 Å². The van der Waals surface area contributed by atoms with Gasteiger partial charge in [0.05, 0.1) is 12.4 Å². The zero-order chi connectivity index (χ0) is 13.1. The van der Waals surface area contributed by atoms with Crippen molar-refractivity contribution in [3.05, 3.63) is 47.0 Å². The fourth-order valence-corrected chi connectivity index (χ4v) is 1.66. The average Bonchev–Trinajstić information content (AvgIpc) is 2.79. The van der Waals surface area contributed by atoms with Gasteiger partial charge in [-0.15, -0.1) is 0 Å². The molecular weight excluding hydrogens is 255 g/mol. The quantitative estimate of drug-likeness (QED) is 0.842. The van der Waals surface area contributed by atoms with Gasteiger partial charge in [-0.3, -0.25) is 4.68 Å². The molecule has 2 rings (SSSR count). The predicted molar refractivity (Wildman–Crippen MR) is 68.4 cm³/mol. The van der Waals surface area contributed by atoms with Crippen LogP contribution in [0, 0.1) is 5.82 Å². The van der Waals surface area contributed by atoms with Crippen LogP contribution in [0.5, 0.6) is 5.75 Å². The number of nitrogens with zero attached hydrogens (tertiary/aromatic N) is 2. The molecular formula is C13H14ClFN2O. The van der Waals surface area contributed by atoms with Crippen LogP contribution in [0.15, 0.2) is 30.6 Å². The second-order valence-corrected chi connectivity index (χ2v) is 4.68. The fraction of sp³-hybridized carbons (Fsp3) is 0.308. The summed E-state index contributed by atoms with van der Waals surface area (Å²) in [5.41, 5.74) is 0.619. The first-order valence-electron chi connectivity index (χ1n) is 5.67. The van der Waals surface area contributed by atoms with Gasteiger partial charge in [0.1, 0.15) is 12.4 Å². The number of hydrogen-bond donors (Lipinski definition) is 0. The third kappa shape index (κ3) is 3.01. The fourth-order valence-electron chi connectivity index (χ4n) is 1.49. The Balaban J connectivity index is 2.04. The van der Waals surface area contributed by atoms with Gasteiger partial charge in [-0.2, -0.15) is 5.10 Å². The number of hydrogen-bond acceptors (Lipinski definition) is 2. The van der Waals surface area contributed by atoms with Gasteiger partial charge >= 0.3 is 0 Å². The lowest BCUT2D eigenvalue weighted by atomic mass is 10.2. The lowest BCUT2D eigenvalue weighted by Crippen LogP contribution is -2.00. The largest absolute Gasteiger partial charge is 0.486 e. The Morgan fingerprint density at radius 2 is 2.22 bits per heavy atom. The van der Waals surface area contributed by atoms with Crippen molar-refractivity contribution < 1.29 is 9.13 Å². The SMILES string of the molecule is CC(C)n1cc(OCc2cc(F)ccc2Cl)cn1. The lowest BCUT2D eigenvalue weighted by molar-refractivity contribution is 0.305. The number of benzene rings is 1. The molecule has 0 atom stereocenters. The molecule has 0 aliphatic rings. The lowest BCUT2D eigenvalue weighted by Gasteiger charge is -2.06. The van der Waals surface area contributed by atoms with Crippen LogP contribution < -0.4 is 4.74 Å². The van der Waals surface area contributed by atoms with Gasteiger partial charge in [0.25, 0.3) is 0 Å². The number of ether oxygens (including phenoxy) is 1. The first kappa shape index (κ1) is 12.9. The topological polar surface area (TPSA) is 27.1 Å². The van der Waals surface area contributed by atoms with Crippen molar-refractivity contribution in [2.45, 2.75) is 26.5 Å². The molecule has 1 heterocycles. The Bertz CT molecular complexity index is 540. The zero-order valence-electron chi connectivity index (χ0n) is 10.2. The summed E-state index contributed by atoms with van der Waals surface area (Å²) >= 11 is 5.95. The van der Waals surface area contributed by atoms with Crippen LogP contribution in [0.2, 0.25) is 5.02 Å². The number of rotatable bonds is 4. The Kier molecular flexibility index (Phi) is 3.87. The molecule has 2 aromatic rings. The van der Waals surface area contributed by atoms with E-state index in [2.05, 4.69) is 5.10 Å². The molecule has 0 saturated carbocycles. The molecule has 0 amide bonds. The molecule has 0 aliphatic heterocycles. The minimum atomic E-state index is -0.323. The van der Waals surface area contributed by atoms with Crippen LogP contribution in [0.4, 0.5) is 4.39 Å². The standard InChI is InChI=1S/C13H14ClFN2O/c1-9(2)17-7-12(6-16-17)18-8-10-5-11(15)3-4-13(10)14/h3-7,9H,8H2,1-2H3. The maximum Gasteiger partial charge on any atom is 0.157 e. The Morgan fingerprint density at radius 3 is 2.89 bits per heavy atom. The van der Waals surface area contributed by atoms with Gasteiger partial charge in [0.2, 0.25) is 0 Å². The first-order valence-corrected chi connectivity index (χ1v) is 6.05. The van der Waals surface area contributed by atoms with Crippen molar-refractivity contribution in [3.8, 4) is 5.75 Å². The third-order valence-corrected chi connectivity index (χ3v) is 2.88. The average molecular weight is 269 g/mol. The van der Waals surface area contributed by atoms with E-state index in [4.69, 9.17) is 16.3 Å². The highest BCUT2D eigenvalue weighted by Gasteiger charge is 2.06. The number of halogens is 2. The van der Waals surface area contributed by atoms with Crippen LogP contribution in [0.25, 0.3) is 0 Å². The van der Waals surface area contributed by atoms with Crippen molar-refractivity contribution in [1.82, 2.24) is 9.78 Å². The predicted octanol–water partition coefficient (Wildman–Crippen LogP) is 3.84. The maximum absolute atomic E-state index is 13.1. The molecule has 0 N–H and O–H groups in total. The van der Waals surface area contributed by atoms with Crippen molar-refractivity contribution in [2.24, 2.45) is 0 Å². The molecule has 0 aliphatic carbocycles. The van der Waals surface area contributed by atoms with E-state index < -0.39 is 0 Å². The molecule has 1 aromatic carbocycles. The highest BCUT2D eigenvalue weighted by molar-refractivity contribution is 6.31. The van der Waals surface area contributed by atoms with Crippen molar-refractivity contribution >= 4 is 11.6 Å². The third-order valence-electron chi connectivity index (χ3n) is 2.51. The van der Waals surface area contributed by atoms with Gasteiger partial charge in [0, 0.05) is 16.6 Å². The molecule has 0 unspecified atom stereocenters. The van der Waals surface area contributed by atoms with Crippen LogP contribution >= 0.6 is 11.6 Å². The summed E-state index contributed by atoms with van der Waals surface area (Å²) in [5.74, 6) is 0.319. The van der Waals surface area contributed by atoms with E-state index in [0.29, 0.717) is 16.3 Å². The molecule has 0 radical (unpaired) electrons. The molecule has 96 valence electrons. The van der Waals surface area contributed by atoms with Crippen molar-refractivity contribution in [2.75, 3.05) is 0 Å². The van der Waals surface area contributed by atoms with E-state index in [1.807, 2.05) is 13.8 Å². The van der Waals surface area contributed by atoms with E-state index in [9.17, 15) is 4.39 Å². The summed E-state index contributed by atoms with van der Waals surface area (Å²) in [4.78, 5) is 0. The summed E-state index contributed by atoms with van der Waals surface area (Å²) in [6.07, 6.45) is 3.44. The summed E-state index contributed by atoms with van der Waals surface area (Å²) in [5, 5.41) is 4.65. The van der Waals surface area contributed by atoms with Crippen LogP contribution in [0.3, 0.4) is 0 Å². The smallest absolute Gasteiger partial charge is 0.157 e. The molecule has 5 heteroatoms. The summed E-state index contributed by atoms with van der Waals surface area (Å²) < 4.78 is 20.4. The van der Waals surface area contributed by atoms with E-state index in [-0.39, 0.29) is 18.5 Å². The van der Waals surface area contributed by atoms with Gasteiger partial charge in [0.15, 0.2) is 5.75 Å². The molecule has 0 bridgehead atoms. The van der Waals surface area contributed by atoms with Crippen LogP contribution in [-0.2, 0) is 6.61 Å². The molecule has 0 saturated heterocycles. The monoisotopic (exact) mass is 268 g/mol. The maximum atomic E-state index is 13.1. The van der Waals surface area contributed by atoms with E-state index in [1.165, 1.54) is 18.2 Å². The molecule has 0 spiro atoms. The van der Waals surface area contributed by atoms with Gasteiger partial charge in [-0.1, -0.05) is 11.6 Å². The summed E-state index contributed by atoms with van der Waals surface area (Å²) in [6, 6.07) is 4.49. The molecule has 0 fully saturated rings. The van der Waals surface area contributed by atoms with Gasteiger partial charge in [-0.05, 0) is 32.0 Å². The first-order chi connectivity index (χ1) is 8.56. The van der Waals surface area contributed by atoms with Crippen molar-refractivity contribution in [1.29, 1.82) is 0 Å². The highest BCUT2D eigenvalue weighted by Crippen LogP contribution is 2.20. The van der Waals surface area contributed by atoms with Gasteiger partial charge in [-0.25, -0.2) is 4.39 Å². The normalized spacial score (nSPS) is 10.9. The zero-order valence-corrected chi connectivity index (χ0v) is 11.0. The summed E-state index contributed by atoms with van der Waals surface area (Å²) in [7, 11) is 0. The highest BCUT2D eigenvalue weighted by atomic mass is 35.5. The van der Waals surface area contributed by atoms with E-state index in [1.54, 1.807) is 17.1 Å². The molecule has 3 nitrogen and oxygen atoms in total. The Morgan fingerprint density at radius 1 is 1.44 bits per heavy atom. The summed E-state index contributed by atoms with van der Waals surface area (Å²) in [6.45, 7) is 4.28. The molecule has 18 heavy (non-hydrogen) atoms. The number of aromatic nitrogens is 2. The second-order valence-electron chi connectivity index (χ2n) is 4.27. The minimum absolute atomic E-state index is 0.223.